The van der Waals surface area contributed by atoms with Crippen LogP contribution in [0.3, 0.4) is 0 Å². The molecule has 2 aliphatic heterocycles. The summed E-state index contributed by atoms with van der Waals surface area (Å²) in [6.07, 6.45) is -0.223. The quantitative estimate of drug-likeness (QED) is 0.543. The van der Waals surface area contributed by atoms with Gasteiger partial charge in [-0.3, -0.25) is 4.79 Å². The van der Waals surface area contributed by atoms with E-state index in [9.17, 15) is 4.79 Å². The van der Waals surface area contributed by atoms with Crippen LogP contribution in [0.25, 0.3) is 0 Å². The number of hydrogen-bond acceptors (Lipinski definition) is 5. The molecule has 5 nitrogen and oxygen atoms in total. The minimum atomic E-state index is -2.59. The van der Waals surface area contributed by atoms with E-state index in [2.05, 4.69) is 55.4 Å². The van der Waals surface area contributed by atoms with Crippen LogP contribution in [0.5, 0.6) is 0 Å². The van der Waals surface area contributed by atoms with Gasteiger partial charge in [0.25, 0.3) is 0 Å². The van der Waals surface area contributed by atoms with Crippen molar-refractivity contribution in [1.29, 1.82) is 0 Å². The maximum Gasteiger partial charge on any atom is 0.335 e. The Bertz CT molecular complexity index is 448. The fourth-order valence-electron chi connectivity index (χ4n) is 4.01. The van der Waals surface area contributed by atoms with Gasteiger partial charge in [-0.1, -0.05) is 55.4 Å². The molecule has 0 aliphatic carbocycles. The molecule has 0 aromatic heterocycles. The van der Waals surface area contributed by atoms with Crippen molar-refractivity contribution in [3.05, 3.63) is 0 Å². The van der Waals surface area contributed by atoms with Crippen molar-refractivity contribution in [3.63, 3.8) is 0 Å². The number of hydrogen-bond donors (Lipinski definition) is 0. The minimum absolute atomic E-state index is 0.188. The molecule has 2 fully saturated rings. The minimum Gasteiger partial charge on any atom is -0.457 e. The number of carbonyl (C=O) groups is 1. The molecule has 0 N–H and O–H groups in total. The van der Waals surface area contributed by atoms with Gasteiger partial charge in [0.1, 0.15) is 6.10 Å². The van der Waals surface area contributed by atoms with E-state index in [0.717, 1.165) is 0 Å². The Morgan fingerprint density at radius 2 is 1.33 bits per heavy atom. The zero-order chi connectivity index (χ0) is 18.3. The molecular formula is C17H34O5Si2. The van der Waals surface area contributed by atoms with Gasteiger partial charge in [-0.05, 0) is 22.2 Å². The van der Waals surface area contributed by atoms with Crippen molar-refractivity contribution in [2.75, 3.05) is 6.61 Å². The average molecular weight is 375 g/mol. The highest BCUT2D eigenvalue weighted by Crippen LogP contribution is 2.46. The van der Waals surface area contributed by atoms with Crippen molar-refractivity contribution in [2.24, 2.45) is 0 Å². The van der Waals surface area contributed by atoms with Crippen LogP contribution in [0, 0.1) is 0 Å². The second-order valence-corrected chi connectivity index (χ2v) is 17.2. The molecule has 0 bridgehead atoms. The maximum atomic E-state index is 11.8. The molecule has 7 heteroatoms. The predicted octanol–water partition coefficient (Wildman–Crippen LogP) is 4.26. The van der Waals surface area contributed by atoms with E-state index in [1.165, 1.54) is 0 Å². The first-order valence-corrected chi connectivity index (χ1v) is 13.2. The smallest absolute Gasteiger partial charge is 0.335 e. The highest BCUT2D eigenvalue weighted by Gasteiger charge is 2.60. The van der Waals surface area contributed by atoms with Gasteiger partial charge >= 0.3 is 23.1 Å². The Kier molecular flexibility index (Phi) is 6.02. The number of fused-ring (bicyclic) bond motifs is 1. The Hall–Kier alpha value is -0.216. The van der Waals surface area contributed by atoms with Crippen LogP contribution in [-0.4, -0.2) is 41.9 Å². The average Bonchev–Trinajstić information content (AvgIpc) is 2.77. The second kappa shape index (κ2) is 7.19. The molecule has 2 heterocycles. The highest BCUT2D eigenvalue weighted by molar-refractivity contribution is 6.83. The van der Waals surface area contributed by atoms with Gasteiger partial charge in [0.05, 0.1) is 19.1 Å². The second-order valence-electron chi connectivity index (χ2n) is 8.36. The van der Waals surface area contributed by atoms with Crippen molar-refractivity contribution in [1.82, 2.24) is 0 Å². The number of ether oxygens (including phenoxy) is 1. The SMILES string of the molecule is CC(C)[Si]1(C(C)C)OC[C@H]2OC(=O)C[C@H]2O[Si](C(C)C)(C(C)C)O1. The molecule has 0 aromatic carbocycles. The van der Waals surface area contributed by atoms with Crippen molar-refractivity contribution in [2.45, 2.75) is 96.2 Å². The summed E-state index contributed by atoms with van der Waals surface area (Å²) in [4.78, 5) is 11.8. The summed E-state index contributed by atoms with van der Waals surface area (Å²) in [6, 6.07) is 0. The van der Waals surface area contributed by atoms with Gasteiger partial charge in [0.2, 0.25) is 0 Å². The molecule has 24 heavy (non-hydrogen) atoms. The van der Waals surface area contributed by atoms with Gasteiger partial charge in [0.15, 0.2) is 0 Å². The number of rotatable bonds is 4. The fourth-order valence-corrected chi connectivity index (χ4v) is 15.2. The molecule has 2 saturated heterocycles. The molecule has 0 spiro atoms. The van der Waals surface area contributed by atoms with Crippen LogP contribution < -0.4 is 0 Å². The largest absolute Gasteiger partial charge is 0.457 e. The predicted molar refractivity (Wildman–Crippen MR) is 98.3 cm³/mol. The van der Waals surface area contributed by atoms with Crippen LogP contribution in [0.15, 0.2) is 0 Å². The van der Waals surface area contributed by atoms with Gasteiger partial charge in [-0.15, -0.1) is 0 Å². The van der Waals surface area contributed by atoms with E-state index in [1.807, 2.05) is 0 Å². The number of carbonyl (C=O) groups excluding carboxylic acids is 1. The molecule has 0 aromatic rings. The van der Waals surface area contributed by atoms with Crippen LogP contribution in [0.1, 0.15) is 61.8 Å². The van der Waals surface area contributed by atoms with Crippen LogP contribution in [0.2, 0.25) is 22.2 Å². The third kappa shape index (κ3) is 3.38. The van der Waals surface area contributed by atoms with Crippen molar-refractivity contribution < 1.29 is 22.5 Å². The monoisotopic (exact) mass is 374 g/mol. The van der Waals surface area contributed by atoms with Crippen LogP contribution >= 0.6 is 0 Å². The lowest BCUT2D eigenvalue weighted by Gasteiger charge is -2.50. The van der Waals surface area contributed by atoms with Gasteiger partial charge in [0, 0.05) is 0 Å². The lowest BCUT2D eigenvalue weighted by atomic mass is 10.2. The fraction of sp³-hybridized carbons (Fsp3) is 0.941. The van der Waals surface area contributed by atoms with E-state index in [-0.39, 0.29) is 29.3 Å². The van der Waals surface area contributed by atoms with Crippen molar-refractivity contribution in [3.8, 4) is 0 Å². The van der Waals surface area contributed by atoms with E-state index >= 15 is 0 Å². The third-order valence-corrected chi connectivity index (χ3v) is 15.7. The maximum absolute atomic E-state index is 11.8. The summed E-state index contributed by atoms with van der Waals surface area (Å²) in [7, 11) is -5.11. The zero-order valence-electron chi connectivity index (χ0n) is 16.4. The lowest BCUT2D eigenvalue weighted by Crippen LogP contribution is -2.65. The Labute approximate surface area is 148 Å². The van der Waals surface area contributed by atoms with Crippen molar-refractivity contribution >= 4 is 23.1 Å². The molecule has 2 aliphatic rings. The molecule has 140 valence electrons. The Balaban J connectivity index is 2.51. The highest BCUT2D eigenvalue weighted by atomic mass is 28.5. The van der Waals surface area contributed by atoms with Gasteiger partial charge < -0.3 is 17.7 Å². The molecular weight excluding hydrogens is 340 g/mol. The van der Waals surface area contributed by atoms with Gasteiger partial charge in [-0.25, -0.2) is 0 Å². The van der Waals surface area contributed by atoms with Crippen LogP contribution in [0.4, 0.5) is 0 Å². The molecule has 0 radical (unpaired) electrons. The lowest BCUT2D eigenvalue weighted by molar-refractivity contribution is -0.143. The normalized spacial score (nSPS) is 29.8. The zero-order valence-corrected chi connectivity index (χ0v) is 18.4. The first-order chi connectivity index (χ1) is 11.0. The number of esters is 1. The summed E-state index contributed by atoms with van der Waals surface area (Å²) in [5.74, 6) is -0.188. The Morgan fingerprint density at radius 1 is 0.833 bits per heavy atom. The summed E-state index contributed by atoms with van der Waals surface area (Å²) < 4.78 is 25.7. The summed E-state index contributed by atoms with van der Waals surface area (Å²) in [5, 5.41) is 0. The molecule has 2 atom stereocenters. The summed E-state index contributed by atoms with van der Waals surface area (Å²) in [5.41, 5.74) is 1.16. The summed E-state index contributed by atoms with van der Waals surface area (Å²) in [6.45, 7) is 17.9. The molecule has 0 unspecified atom stereocenters. The first-order valence-electron chi connectivity index (χ1n) is 9.26. The third-order valence-electron chi connectivity index (χ3n) is 5.41. The summed E-state index contributed by atoms with van der Waals surface area (Å²) >= 11 is 0. The standard InChI is InChI=1S/C17H34O5Si2/c1-11(2)23(12(3)4)19-10-16-15(9-17(18)20-16)21-24(22-23,13(5)6)14(7)8/h11-16H,9-10H2,1-8H3/t15-,16-/m1/s1. The topological polar surface area (TPSA) is 54.0 Å². The molecule has 0 saturated carbocycles. The van der Waals surface area contributed by atoms with E-state index < -0.39 is 17.1 Å². The molecule has 0 amide bonds. The van der Waals surface area contributed by atoms with Crippen LogP contribution in [-0.2, 0) is 22.5 Å². The van der Waals surface area contributed by atoms with E-state index in [1.54, 1.807) is 0 Å². The molecule has 2 rings (SSSR count). The first kappa shape index (κ1) is 20.1. The Morgan fingerprint density at radius 3 is 1.79 bits per heavy atom. The van der Waals surface area contributed by atoms with E-state index in [0.29, 0.717) is 24.1 Å². The van der Waals surface area contributed by atoms with Gasteiger partial charge in [-0.2, -0.15) is 0 Å². The van der Waals surface area contributed by atoms with E-state index in [4.69, 9.17) is 17.7 Å².